The zero-order valence-electron chi connectivity index (χ0n) is 35.3. The summed E-state index contributed by atoms with van der Waals surface area (Å²) in [5, 5.41) is 5.50. The number of imidazole rings is 2. The maximum atomic E-state index is 14.3. The Bertz CT molecular complexity index is 2630. The number of aromatic amines is 2. The normalized spacial score (nSPS) is 24.0. The summed E-state index contributed by atoms with van der Waals surface area (Å²) in [6, 6.07) is 15.6. The van der Waals surface area contributed by atoms with E-state index in [9.17, 15) is 19.2 Å². The molecule has 0 radical (unpaired) electrons. The predicted molar refractivity (Wildman–Crippen MR) is 227 cm³/mol. The molecule has 3 aromatic carbocycles. The first kappa shape index (κ1) is 39.0. The van der Waals surface area contributed by atoms with Gasteiger partial charge in [-0.15, -0.1) is 0 Å². The molecule has 4 fully saturated rings. The van der Waals surface area contributed by atoms with E-state index in [2.05, 4.69) is 32.7 Å². The van der Waals surface area contributed by atoms with Crippen molar-refractivity contribution < 1.29 is 38.1 Å². The largest absolute Gasteiger partial charge is 0.488 e. The lowest BCUT2D eigenvalue weighted by Gasteiger charge is -2.32. The van der Waals surface area contributed by atoms with Crippen LogP contribution in [-0.4, -0.2) is 86.1 Å². The number of amides is 4. The van der Waals surface area contributed by atoms with Crippen LogP contribution in [0.25, 0.3) is 33.6 Å². The summed E-state index contributed by atoms with van der Waals surface area (Å²) < 4.78 is 22.7. The van der Waals surface area contributed by atoms with Crippen LogP contribution in [0.15, 0.2) is 67.0 Å². The third-order valence-electron chi connectivity index (χ3n) is 13.8. The van der Waals surface area contributed by atoms with Crippen molar-refractivity contribution in [2.24, 2.45) is 17.8 Å². The van der Waals surface area contributed by atoms with Gasteiger partial charge in [0, 0.05) is 45.5 Å². The number of benzene rings is 3. The highest BCUT2D eigenvalue weighted by molar-refractivity contribution is 5.90. The summed E-state index contributed by atoms with van der Waals surface area (Å²) in [7, 11) is 2.59. The molecule has 4 amide bonds. The first-order chi connectivity index (χ1) is 30.6. The number of rotatable bonds is 10. The molecule has 2 aliphatic carbocycles. The Kier molecular flexibility index (Phi) is 9.24. The van der Waals surface area contributed by atoms with Crippen LogP contribution in [0.1, 0.15) is 86.0 Å². The van der Waals surface area contributed by atoms with E-state index in [0.29, 0.717) is 42.3 Å². The molecule has 2 aromatic heterocycles. The van der Waals surface area contributed by atoms with Crippen LogP contribution in [-0.2, 0) is 32.3 Å². The summed E-state index contributed by atoms with van der Waals surface area (Å²) in [5.41, 5.74) is 8.10. The average Bonchev–Trinajstić information content (AvgIpc) is 3.88. The number of methoxy groups -OCH3 is 2. The van der Waals surface area contributed by atoms with Gasteiger partial charge in [-0.1, -0.05) is 44.2 Å². The second-order valence-electron chi connectivity index (χ2n) is 17.9. The smallest absolute Gasteiger partial charge is 0.407 e. The van der Waals surface area contributed by atoms with Crippen molar-refractivity contribution in [2.45, 2.75) is 89.0 Å². The van der Waals surface area contributed by atoms with Crippen molar-refractivity contribution in [3.63, 3.8) is 0 Å². The monoisotopic (exact) mass is 852 g/mol. The number of ether oxygens (including phenoxy) is 4. The summed E-state index contributed by atoms with van der Waals surface area (Å²) in [5.74, 6) is 3.30. The number of likely N-dealkylation sites (tertiary alicyclic amines) is 2. The van der Waals surface area contributed by atoms with E-state index >= 15 is 0 Å². The van der Waals surface area contributed by atoms with E-state index in [-0.39, 0.29) is 41.9 Å². The molecule has 2 saturated carbocycles. The predicted octanol–water partition coefficient (Wildman–Crippen LogP) is 6.72. The molecule has 63 heavy (non-hydrogen) atoms. The first-order valence-corrected chi connectivity index (χ1v) is 21.7. The summed E-state index contributed by atoms with van der Waals surface area (Å²) >= 11 is 0. The number of nitrogens with one attached hydrogen (secondary N) is 4. The molecule has 6 aliphatic rings. The minimum Gasteiger partial charge on any atom is -0.488 e. The Hall–Kier alpha value is -6.84. The average molecular weight is 853 g/mol. The molecule has 5 aromatic rings. The minimum atomic E-state index is -0.894. The summed E-state index contributed by atoms with van der Waals surface area (Å²) in [6.07, 6.45) is 5.79. The Morgan fingerprint density at radius 3 is 1.71 bits per heavy atom. The van der Waals surface area contributed by atoms with Crippen LogP contribution < -0.4 is 20.1 Å². The molecule has 324 valence electrons. The van der Waals surface area contributed by atoms with Crippen molar-refractivity contribution in [1.82, 2.24) is 40.4 Å². The van der Waals surface area contributed by atoms with Gasteiger partial charge in [-0.2, -0.15) is 0 Å². The minimum absolute atomic E-state index is 0.0882. The fourth-order valence-corrected chi connectivity index (χ4v) is 10.5. The van der Waals surface area contributed by atoms with E-state index in [1.807, 2.05) is 72.3 Å². The van der Waals surface area contributed by atoms with E-state index in [1.165, 1.54) is 14.2 Å². The molecule has 0 spiro atoms. The first-order valence-electron chi connectivity index (χ1n) is 21.7. The van der Waals surface area contributed by atoms with Crippen LogP contribution in [0, 0.1) is 17.8 Å². The van der Waals surface area contributed by atoms with Gasteiger partial charge in [0.2, 0.25) is 5.91 Å². The van der Waals surface area contributed by atoms with Gasteiger partial charge >= 0.3 is 12.2 Å². The maximum Gasteiger partial charge on any atom is 0.407 e. The Labute approximate surface area is 363 Å². The van der Waals surface area contributed by atoms with Gasteiger partial charge in [0.25, 0.3) is 5.91 Å². The van der Waals surface area contributed by atoms with Crippen LogP contribution in [0.3, 0.4) is 0 Å². The van der Waals surface area contributed by atoms with Gasteiger partial charge in [0.05, 0.1) is 50.1 Å². The molecule has 16 heteroatoms. The second-order valence-corrected chi connectivity index (χ2v) is 17.9. The molecule has 4 N–H and O–H groups in total. The maximum absolute atomic E-state index is 14.3. The number of alkyl carbamates (subject to hydrolysis) is 2. The number of hydrogen-bond acceptors (Lipinski definition) is 10. The third-order valence-corrected chi connectivity index (χ3v) is 13.8. The van der Waals surface area contributed by atoms with E-state index in [0.717, 1.165) is 82.0 Å². The SMILES string of the molecule is COC(=O)NC(C(=O)N1[C@@H]2C[C@@H]2C[C@H]1c1ncc(-c2cc3c4c(c2)OCc2cc(-c5cnc([C@@H]6C[C@H]7C[C@H]7N6C(=O)[C@H](NC(=O)OC)c6ccccc6)[nH]5)cc(c2-4)OC3)[nH]1)C(C)C. The molecule has 2 saturated heterocycles. The highest BCUT2D eigenvalue weighted by Gasteiger charge is 2.57. The molecular formula is C47H48N8O8. The van der Waals surface area contributed by atoms with Crippen LogP contribution in [0.5, 0.6) is 11.5 Å². The fraction of sp³-hybridized carbons (Fsp3) is 0.404. The highest BCUT2D eigenvalue weighted by atomic mass is 16.5. The Morgan fingerprint density at radius 1 is 0.698 bits per heavy atom. The molecule has 1 unspecified atom stereocenters. The van der Waals surface area contributed by atoms with E-state index in [1.54, 1.807) is 6.20 Å². The lowest BCUT2D eigenvalue weighted by atomic mass is 9.87. The van der Waals surface area contributed by atoms with Gasteiger partial charge in [-0.25, -0.2) is 19.6 Å². The van der Waals surface area contributed by atoms with Crippen molar-refractivity contribution in [2.75, 3.05) is 14.2 Å². The molecular weight excluding hydrogens is 805 g/mol. The molecule has 11 rings (SSSR count). The third kappa shape index (κ3) is 6.65. The molecule has 4 aliphatic heterocycles. The number of fused-ring (bicyclic) bond motifs is 2. The summed E-state index contributed by atoms with van der Waals surface area (Å²) in [6.45, 7) is 4.51. The van der Waals surface area contributed by atoms with Crippen molar-refractivity contribution in [1.29, 1.82) is 0 Å². The molecule has 8 atom stereocenters. The zero-order chi connectivity index (χ0) is 43.3. The number of hydrogen-bond donors (Lipinski definition) is 4. The van der Waals surface area contributed by atoms with Gasteiger partial charge in [-0.3, -0.25) is 9.59 Å². The molecule has 6 heterocycles. The van der Waals surface area contributed by atoms with Crippen molar-refractivity contribution >= 4 is 24.0 Å². The number of H-pyrrole nitrogens is 2. The second kappa shape index (κ2) is 14.9. The van der Waals surface area contributed by atoms with Crippen LogP contribution in [0.4, 0.5) is 9.59 Å². The van der Waals surface area contributed by atoms with Gasteiger partial charge in [0.15, 0.2) is 0 Å². The number of nitrogens with zero attached hydrogens (tertiary/aromatic N) is 4. The lowest BCUT2D eigenvalue weighted by molar-refractivity contribution is -0.137. The van der Waals surface area contributed by atoms with Crippen molar-refractivity contribution in [3.05, 3.63) is 95.3 Å². The fourth-order valence-electron chi connectivity index (χ4n) is 10.5. The quantitative estimate of drug-likeness (QED) is 0.117. The number of carbonyl (C=O) groups excluding carboxylic acids is 4. The van der Waals surface area contributed by atoms with Crippen LogP contribution >= 0.6 is 0 Å². The number of carbonyl (C=O) groups is 4. The van der Waals surface area contributed by atoms with Gasteiger partial charge in [0.1, 0.15) is 48.4 Å². The van der Waals surface area contributed by atoms with Crippen molar-refractivity contribution in [3.8, 4) is 45.1 Å². The number of aromatic nitrogens is 4. The van der Waals surface area contributed by atoms with Gasteiger partial charge < -0.3 is 49.3 Å². The topological polar surface area (TPSA) is 193 Å². The van der Waals surface area contributed by atoms with E-state index in [4.69, 9.17) is 28.9 Å². The van der Waals surface area contributed by atoms with Gasteiger partial charge in [-0.05, 0) is 73.3 Å². The Morgan fingerprint density at radius 2 is 1.21 bits per heavy atom. The van der Waals surface area contributed by atoms with Crippen LogP contribution in [0.2, 0.25) is 0 Å². The highest BCUT2D eigenvalue weighted by Crippen LogP contribution is 2.56. The zero-order valence-corrected chi connectivity index (χ0v) is 35.3. The Balaban J connectivity index is 0.838. The molecule has 16 nitrogen and oxygen atoms in total. The lowest BCUT2D eigenvalue weighted by Crippen LogP contribution is -2.52. The van der Waals surface area contributed by atoms with E-state index < -0.39 is 24.3 Å². The molecule has 0 bridgehead atoms. The summed E-state index contributed by atoms with van der Waals surface area (Å²) in [4.78, 5) is 73.2. The standard InChI is InChI=1S/C47H48N8O8/c1-22(2)40(52-46(58)60-3)44(56)54-32-12-26(32)14-34(54)42-48-18-30(50-42)24-10-28-20-63-37-17-25(11-29-21-62-36(16-24)38(28)39(29)37)31-19-49-43(51-31)35-15-27-13-33(27)55(35)45(57)41(53-47(59)61-4)23-8-6-5-7-9-23/h5-11,16-19,22,26-27,32-35,40-41H,12-15,20-21H2,1-4H3,(H,48,50)(H,49,51)(H,52,58)(H,53,59)/t26-,27-,32-,33-,34+,35+,40?,41-/m1/s1. The number of piperidine rings is 2.